The second-order valence-electron chi connectivity index (χ2n) is 11.1. The summed E-state index contributed by atoms with van der Waals surface area (Å²) >= 11 is 0. The first kappa shape index (κ1) is 28.6. The van der Waals surface area contributed by atoms with Crippen LogP contribution < -0.4 is 10.2 Å². The van der Waals surface area contributed by atoms with E-state index in [9.17, 15) is 9.59 Å². The van der Waals surface area contributed by atoms with Gasteiger partial charge in [0.2, 0.25) is 0 Å². The van der Waals surface area contributed by atoms with Crippen molar-refractivity contribution in [1.29, 1.82) is 0 Å². The van der Waals surface area contributed by atoms with Crippen molar-refractivity contribution in [2.75, 3.05) is 32.8 Å². The number of carbonyl (C=O) groups is 2. The Bertz CT molecular complexity index is 1280. The van der Waals surface area contributed by atoms with Crippen LogP contribution in [0.15, 0.2) is 84.0 Å². The quantitative estimate of drug-likeness (QED) is 0.274. The summed E-state index contributed by atoms with van der Waals surface area (Å²) in [7, 11) is 0. The van der Waals surface area contributed by atoms with Gasteiger partial charge in [-0.2, -0.15) is 5.10 Å². The normalized spacial score (nSPS) is 16.5. The molecule has 0 bridgehead atoms. The van der Waals surface area contributed by atoms with E-state index in [1.807, 2.05) is 41.3 Å². The number of hydrogen-bond donors (Lipinski definition) is 1. The molecule has 41 heavy (non-hydrogen) atoms. The van der Waals surface area contributed by atoms with Crippen LogP contribution in [0.1, 0.15) is 59.2 Å². The lowest BCUT2D eigenvalue weighted by molar-refractivity contribution is -0.134. The minimum absolute atomic E-state index is 0.0326. The van der Waals surface area contributed by atoms with Gasteiger partial charge in [0, 0.05) is 25.2 Å². The molecule has 0 aliphatic carbocycles. The zero-order chi connectivity index (χ0) is 28.3. The van der Waals surface area contributed by atoms with E-state index in [1.54, 1.807) is 18.3 Å². The van der Waals surface area contributed by atoms with Gasteiger partial charge in [0.05, 0.1) is 6.21 Å². The summed E-state index contributed by atoms with van der Waals surface area (Å²) in [5.74, 6) is 1.18. The van der Waals surface area contributed by atoms with E-state index in [1.165, 1.54) is 36.8 Å². The lowest BCUT2D eigenvalue weighted by Gasteiger charge is -2.32. The molecule has 214 valence electrons. The summed E-state index contributed by atoms with van der Waals surface area (Å²) in [5, 5.41) is 4.10. The van der Waals surface area contributed by atoms with Gasteiger partial charge >= 0.3 is 0 Å². The van der Waals surface area contributed by atoms with Gasteiger partial charge in [0.15, 0.2) is 6.61 Å². The molecule has 3 aromatic rings. The second-order valence-corrected chi connectivity index (χ2v) is 11.1. The largest absolute Gasteiger partial charge is 0.484 e. The fourth-order valence-electron chi connectivity index (χ4n) is 5.58. The van der Waals surface area contributed by atoms with E-state index < -0.39 is 0 Å². The van der Waals surface area contributed by atoms with Crippen LogP contribution in [0.4, 0.5) is 0 Å². The lowest BCUT2D eigenvalue weighted by atomic mass is 9.90. The van der Waals surface area contributed by atoms with Gasteiger partial charge in [0.1, 0.15) is 5.75 Å². The number of nitrogens with zero attached hydrogens (tertiary/aromatic N) is 3. The van der Waals surface area contributed by atoms with Crippen molar-refractivity contribution in [2.45, 2.75) is 45.1 Å². The first-order valence-electron chi connectivity index (χ1n) is 14.8. The number of hydrogen-bond acceptors (Lipinski definition) is 5. The topological polar surface area (TPSA) is 74.2 Å². The third-order valence-electron chi connectivity index (χ3n) is 8.03. The lowest BCUT2D eigenvalue weighted by Crippen LogP contribution is -2.38. The molecule has 0 saturated carbocycles. The van der Waals surface area contributed by atoms with Crippen LogP contribution in [0, 0.1) is 5.92 Å². The van der Waals surface area contributed by atoms with Crippen molar-refractivity contribution in [3.05, 3.63) is 101 Å². The molecule has 2 amide bonds. The molecule has 2 heterocycles. The number of nitrogens with one attached hydrogen (secondary N) is 1. The number of likely N-dealkylation sites (tertiary alicyclic amines) is 2. The molecule has 7 nitrogen and oxygen atoms in total. The average Bonchev–Trinajstić information content (AvgIpc) is 3.03. The number of hydrazone groups is 1. The molecule has 0 radical (unpaired) electrons. The average molecular weight is 553 g/mol. The Balaban J connectivity index is 1.01. The number of ether oxygens (including phenoxy) is 1. The number of benzene rings is 3. The molecule has 0 unspecified atom stereocenters. The molecule has 2 aliphatic heterocycles. The summed E-state index contributed by atoms with van der Waals surface area (Å²) in [6, 6.07) is 25.9. The van der Waals surface area contributed by atoms with Gasteiger partial charge in [0.25, 0.3) is 11.8 Å². The molecule has 2 fully saturated rings. The van der Waals surface area contributed by atoms with E-state index in [0.717, 1.165) is 57.0 Å². The zero-order valence-electron chi connectivity index (χ0n) is 23.7. The molecule has 1 N–H and O–H groups in total. The standard InChI is InChI=1S/C34H40N4O3/c39-33(38-19-5-2-6-20-38)26-41-32-15-11-29(12-16-32)24-35-36-34(40)31-13-9-30(10-14-31)25-37-21-17-28(18-22-37)23-27-7-3-1-4-8-27/h1,3-4,7-16,24,28H,2,5-6,17-23,25-26H2,(H,36,40)/b35-24-. The number of rotatable bonds is 10. The maximum atomic E-state index is 12.6. The smallest absolute Gasteiger partial charge is 0.271 e. The van der Waals surface area contributed by atoms with Crippen molar-refractivity contribution in [3.8, 4) is 5.75 Å². The monoisotopic (exact) mass is 552 g/mol. The van der Waals surface area contributed by atoms with Crippen LogP contribution in [-0.4, -0.2) is 60.6 Å². The van der Waals surface area contributed by atoms with Crippen molar-refractivity contribution >= 4 is 18.0 Å². The van der Waals surface area contributed by atoms with Gasteiger partial charge in [-0.25, -0.2) is 5.43 Å². The summed E-state index contributed by atoms with van der Waals surface area (Å²) < 4.78 is 5.65. The number of amides is 2. The Morgan fingerprint density at radius 3 is 2.24 bits per heavy atom. The first-order valence-corrected chi connectivity index (χ1v) is 14.8. The Morgan fingerprint density at radius 1 is 0.829 bits per heavy atom. The van der Waals surface area contributed by atoms with E-state index >= 15 is 0 Å². The van der Waals surface area contributed by atoms with E-state index in [-0.39, 0.29) is 18.4 Å². The van der Waals surface area contributed by atoms with Crippen LogP contribution in [-0.2, 0) is 17.8 Å². The third kappa shape index (κ3) is 8.76. The van der Waals surface area contributed by atoms with Crippen LogP contribution >= 0.6 is 0 Å². The third-order valence-corrected chi connectivity index (χ3v) is 8.03. The Labute approximate surface area is 243 Å². The van der Waals surface area contributed by atoms with Crippen LogP contribution in [0.2, 0.25) is 0 Å². The Morgan fingerprint density at radius 2 is 1.54 bits per heavy atom. The highest BCUT2D eigenvalue weighted by molar-refractivity contribution is 5.94. The van der Waals surface area contributed by atoms with Gasteiger partial charge in [-0.15, -0.1) is 0 Å². The molecule has 0 aromatic heterocycles. The highest BCUT2D eigenvalue weighted by atomic mass is 16.5. The fourth-order valence-corrected chi connectivity index (χ4v) is 5.58. The predicted octanol–water partition coefficient (Wildman–Crippen LogP) is 5.30. The summed E-state index contributed by atoms with van der Waals surface area (Å²) in [5.41, 5.74) is 6.65. The maximum Gasteiger partial charge on any atom is 0.271 e. The van der Waals surface area contributed by atoms with Crippen molar-refractivity contribution in [3.63, 3.8) is 0 Å². The molecule has 2 aliphatic rings. The second kappa shape index (κ2) is 14.6. The van der Waals surface area contributed by atoms with Gasteiger partial charge in [-0.1, -0.05) is 42.5 Å². The van der Waals surface area contributed by atoms with E-state index in [0.29, 0.717) is 11.3 Å². The summed E-state index contributed by atoms with van der Waals surface area (Å²) in [4.78, 5) is 29.2. The molecular weight excluding hydrogens is 512 g/mol. The highest BCUT2D eigenvalue weighted by Gasteiger charge is 2.20. The molecule has 5 rings (SSSR count). The molecule has 3 aromatic carbocycles. The fraction of sp³-hybridized carbons (Fsp3) is 0.382. The van der Waals surface area contributed by atoms with E-state index in [4.69, 9.17) is 4.74 Å². The Hall–Kier alpha value is -3.97. The van der Waals surface area contributed by atoms with Crippen molar-refractivity contribution < 1.29 is 14.3 Å². The number of carbonyl (C=O) groups excluding carboxylic acids is 2. The molecular formula is C34H40N4O3. The van der Waals surface area contributed by atoms with Gasteiger partial charge in [-0.05, 0) is 111 Å². The maximum absolute atomic E-state index is 12.6. The molecule has 0 spiro atoms. The predicted molar refractivity (Wildman–Crippen MR) is 162 cm³/mol. The van der Waals surface area contributed by atoms with Crippen LogP contribution in [0.5, 0.6) is 5.75 Å². The highest BCUT2D eigenvalue weighted by Crippen LogP contribution is 2.23. The van der Waals surface area contributed by atoms with Gasteiger partial charge in [-0.3, -0.25) is 14.5 Å². The van der Waals surface area contributed by atoms with Crippen molar-refractivity contribution in [1.82, 2.24) is 15.2 Å². The Kier molecular flexibility index (Phi) is 10.2. The number of piperidine rings is 2. The van der Waals surface area contributed by atoms with E-state index in [2.05, 4.69) is 45.8 Å². The molecule has 2 saturated heterocycles. The zero-order valence-corrected chi connectivity index (χ0v) is 23.7. The molecule has 0 atom stereocenters. The SMILES string of the molecule is O=C(N/N=C\c1ccc(OCC(=O)N2CCCCC2)cc1)c1ccc(CN2CCC(Cc3ccccc3)CC2)cc1. The van der Waals surface area contributed by atoms with Gasteiger partial charge < -0.3 is 9.64 Å². The minimum Gasteiger partial charge on any atom is -0.484 e. The van der Waals surface area contributed by atoms with Crippen LogP contribution in [0.25, 0.3) is 0 Å². The first-order chi connectivity index (χ1) is 20.1. The molecule has 7 heteroatoms. The summed E-state index contributed by atoms with van der Waals surface area (Å²) in [6.45, 7) is 4.82. The minimum atomic E-state index is -0.245. The summed E-state index contributed by atoms with van der Waals surface area (Å²) in [6.07, 6.45) is 8.53. The van der Waals surface area contributed by atoms with Crippen molar-refractivity contribution in [2.24, 2.45) is 11.0 Å². The van der Waals surface area contributed by atoms with Crippen LogP contribution in [0.3, 0.4) is 0 Å².